The Bertz CT molecular complexity index is 899. The van der Waals surface area contributed by atoms with Crippen LogP contribution in [0.15, 0.2) is 65.1 Å². The fourth-order valence-corrected chi connectivity index (χ4v) is 3.62. The summed E-state index contributed by atoms with van der Waals surface area (Å²) in [6.45, 7) is 0.961. The third kappa shape index (κ3) is 5.32. The quantitative estimate of drug-likeness (QED) is 0.408. The lowest BCUT2D eigenvalue weighted by Gasteiger charge is -2.18. The van der Waals surface area contributed by atoms with Crippen molar-refractivity contribution in [2.45, 2.75) is 13.2 Å². The van der Waals surface area contributed by atoms with Crippen LogP contribution in [-0.4, -0.2) is 7.11 Å². The second-order valence-corrected chi connectivity index (χ2v) is 7.57. The van der Waals surface area contributed by atoms with Crippen molar-refractivity contribution in [1.29, 1.82) is 0 Å². The van der Waals surface area contributed by atoms with Crippen molar-refractivity contribution in [3.8, 4) is 11.5 Å². The molecule has 3 rings (SSSR count). The Hall–Kier alpha value is -1.88. The van der Waals surface area contributed by atoms with Crippen molar-refractivity contribution in [3.05, 3.63) is 86.3 Å². The normalized spacial score (nSPS) is 10.5. The number of benzene rings is 3. The maximum Gasteiger partial charge on any atom is 0.167 e. The lowest BCUT2D eigenvalue weighted by atomic mass is 10.1. The highest BCUT2D eigenvalue weighted by Gasteiger charge is 2.15. The van der Waals surface area contributed by atoms with Gasteiger partial charge in [-0.3, -0.25) is 0 Å². The summed E-state index contributed by atoms with van der Waals surface area (Å²) in [4.78, 5) is 0. The molecule has 0 aromatic heterocycles. The minimum Gasteiger partial charge on any atom is -0.493 e. The molecule has 0 spiro atoms. The van der Waals surface area contributed by atoms with E-state index in [-0.39, 0.29) is 0 Å². The van der Waals surface area contributed by atoms with Crippen LogP contribution in [-0.2, 0) is 13.2 Å². The molecular weight excluding hydrogens is 449 g/mol. The number of halogens is 3. The Morgan fingerprint density at radius 2 is 1.67 bits per heavy atom. The summed E-state index contributed by atoms with van der Waals surface area (Å²) in [5.41, 5.74) is 2.86. The predicted molar refractivity (Wildman–Crippen MR) is 115 cm³/mol. The summed E-state index contributed by atoms with van der Waals surface area (Å²) in [7, 11) is 1.63. The van der Waals surface area contributed by atoms with E-state index >= 15 is 0 Å². The summed E-state index contributed by atoms with van der Waals surface area (Å²) >= 11 is 15.8. The van der Waals surface area contributed by atoms with Crippen LogP contribution in [0.3, 0.4) is 0 Å². The van der Waals surface area contributed by atoms with Gasteiger partial charge in [0, 0.05) is 32.3 Å². The smallest absolute Gasteiger partial charge is 0.167 e. The SMILES string of the molecule is COc1ccc(Br)c(CNc2cc(Cl)cc(Cl)c2)c1OCc1ccccc1. The summed E-state index contributed by atoms with van der Waals surface area (Å²) in [6.07, 6.45) is 0. The number of methoxy groups -OCH3 is 1. The predicted octanol–water partition coefficient (Wildman–Crippen LogP) is 6.96. The van der Waals surface area contributed by atoms with Gasteiger partial charge in [-0.1, -0.05) is 69.5 Å². The van der Waals surface area contributed by atoms with Crippen LogP contribution in [0.25, 0.3) is 0 Å². The fourth-order valence-electron chi connectivity index (χ4n) is 2.64. The topological polar surface area (TPSA) is 30.5 Å². The van der Waals surface area contributed by atoms with Crippen molar-refractivity contribution >= 4 is 44.8 Å². The molecule has 3 aromatic rings. The molecule has 0 unspecified atom stereocenters. The van der Waals surface area contributed by atoms with Gasteiger partial charge in [0.15, 0.2) is 11.5 Å². The standard InChI is InChI=1S/C21H18BrCl2NO2/c1-26-20-8-7-19(22)18(12-25-17-10-15(23)9-16(24)11-17)21(20)27-13-14-5-3-2-4-6-14/h2-11,25H,12-13H2,1H3. The molecule has 0 saturated carbocycles. The number of hydrogen-bond acceptors (Lipinski definition) is 3. The largest absolute Gasteiger partial charge is 0.493 e. The molecule has 0 aliphatic heterocycles. The van der Waals surface area contributed by atoms with Crippen LogP contribution in [0, 0.1) is 0 Å². The minimum absolute atomic E-state index is 0.448. The Kier molecular flexibility index (Phi) is 6.89. The van der Waals surface area contributed by atoms with Gasteiger partial charge in [-0.25, -0.2) is 0 Å². The molecule has 1 N–H and O–H groups in total. The summed E-state index contributed by atoms with van der Waals surface area (Å²) < 4.78 is 12.5. The van der Waals surface area contributed by atoms with Crippen molar-refractivity contribution in [1.82, 2.24) is 0 Å². The van der Waals surface area contributed by atoms with E-state index in [4.69, 9.17) is 32.7 Å². The number of anilines is 1. The molecular formula is C21H18BrCl2NO2. The van der Waals surface area contributed by atoms with Crippen LogP contribution < -0.4 is 14.8 Å². The number of ether oxygens (including phenoxy) is 2. The molecule has 3 nitrogen and oxygen atoms in total. The van der Waals surface area contributed by atoms with E-state index in [2.05, 4.69) is 21.2 Å². The van der Waals surface area contributed by atoms with Crippen molar-refractivity contribution < 1.29 is 9.47 Å². The summed E-state index contributed by atoms with van der Waals surface area (Å²) in [5, 5.41) is 4.50. The monoisotopic (exact) mass is 465 g/mol. The minimum atomic E-state index is 0.448. The molecule has 0 heterocycles. The zero-order valence-electron chi connectivity index (χ0n) is 14.6. The molecule has 0 saturated heterocycles. The Labute approximate surface area is 177 Å². The van der Waals surface area contributed by atoms with Crippen molar-refractivity contribution in [2.24, 2.45) is 0 Å². The average Bonchev–Trinajstić information content (AvgIpc) is 2.65. The number of nitrogens with one attached hydrogen (secondary N) is 1. The zero-order chi connectivity index (χ0) is 19.2. The van der Waals surface area contributed by atoms with Gasteiger partial charge in [0.1, 0.15) is 6.61 Å². The van der Waals surface area contributed by atoms with Gasteiger partial charge in [0.25, 0.3) is 0 Å². The molecule has 140 valence electrons. The summed E-state index contributed by atoms with van der Waals surface area (Å²) in [5.74, 6) is 1.37. The van der Waals surface area contributed by atoms with E-state index < -0.39 is 0 Å². The number of rotatable bonds is 7. The molecule has 6 heteroatoms. The highest BCUT2D eigenvalue weighted by molar-refractivity contribution is 9.10. The molecule has 0 atom stereocenters. The van der Waals surface area contributed by atoms with Gasteiger partial charge >= 0.3 is 0 Å². The van der Waals surface area contributed by atoms with E-state index in [1.165, 1.54) is 0 Å². The van der Waals surface area contributed by atoms with E-state index in [1.807, 2.05) is 54.6 Å². The first-order chi connectivity index (χ1) is 13.1. The van der Waals surface area contributed by atoms with Gasteiger partial charge in [-0.2, -0.15) is 0 Å². The maximum absolute atomic E-state index is 6.11. The average molecular weight is 467 g/mol. The Balaban J connectivity index is 1.84. The van der Waals surface area contributed by atoms with Crippen molar-refractivity contribution in [3.63, 3.8) is 0 Å². The second kappa shape index (κ2) is 9.36. The molecule has 0 aliphatic rings. The third-order valence-corrected chi connectivity index (χ3v) is 5.12. The first kappa shape index (κ1) is 19.9. The zero-order valence-corrected chi connectivity index (χ0v) is 17.7. The molecule has 0 bridgehead atoms. The van der Waals surface area contributed by atoms with Crippen LogP contribution in [0.5, 0.6) is 11.5 Å². The van der Waals surface area contributed by atoms with Gasteiger partial charge in [-0.15, -0.1) is 0 Å². The van der Waals surface area contributed by atoms with Crippen LogP contribution in [0.4, 0.5) is 5.69 Å². The van der Waals surface area contributed by atoms with Gasteiger partial charge in [-0.05, 0) is 35.9 Å². The lowest BCUT2D eigenvalue weighted by molar-refractivity contribution is 0.281. The maximum atomic E-state index is 6.11. The van der Waals surface area contributed by atoms with Gasteiger partial charge in [0.2, 0.25) is 0 Å². The van der Waals surface area contributed by atoms with Crippen LogP contribution >= 0.6 is 39.1 Å². The van der Waals surface area contributed by atoms with Gasteiger partial charge in [0.05, 0.1) is 7.11 Å². The molecule has 0 radical (unpaired) electrons. The highest BCUT2D eigenvalue weighted by Crippen LogP contribution is 2.37. The molecule has 0 fully saturated rings. The van der Waals surface area contributed by atoms with Crippen LogP contribution in [0.1, 0.15) is 11.1 Å². The Morgan fingerprint density at radius 1 is 0.963 bits per heavy atom. The Morgan fingerprint density at radius 3 is 2.33 bits per heavy atom. The molecule has 27 heavy (non-hydrogen) atoms. The first-order valence-electron chi connectivity index (χ1n) is 8.29. The van der Waals surface area contributed by atoms with E-state index in [1.54, 1.807) is 13.2 Å². The van der Waals surface area contributed by atoms with E-state index in [9.17, 15) is 0 Å². The van der Waals surface area contributed by atoms with E-state index in [0.29, 0.717) is 34.7 Å². The van der Waals surface area contributed by atoms with E-state index in [0.717, 1.165) is 21.3 Å². The second-order valence-electron chi connectivity index (χ2n) is 5.84. The first-order valence-corrected chi connectivity index (χ1v) is 9.84. The molecule has 0 amide bonds. The molecule has 0 aliphatic carbocycles. The fraction of sp³-hybridized carbons (Fsp3) is 0.143. The lowest BCUT2D eigenvalue weighted by Crippen LogP contribution is -2.06. The third-order valence-electron chi connectivity index (χ3n) is 3.94. The van der Waals surface area contributed by atoms with Crippen molar-refractivity contribution in [2.75, 3.05) is 12.4 Å². The number of hydrogen-bond donors (Lipinski definition) is 1. The van der Waals surface area contributed by atoms with Gasteiger partial charge < -0.3 is 14.8 Å². The highest BCUT2D eigenvalue weighted by atomic mass is 79.9. The summed E-state index contributed by atoms with van der Waals surface area (Å²) in [6, 6.07) is 19.2. The van der Waals surface area contributed by atoms with Crippen LogP contribution in [0.2, 0.25) is 10.0 Å². The molecule has 3 aromatic carbocycles.